The van der Waals surface area contributed by atoms with Crippen LogP contribution in [0.25, 0.3) is 10.8 Å². The van der Waals surface area contributed by atoms with Crippen LogP contribution in [0.2, 0.25) is 0 Å². The minimum Gasteiger partial charge on any atom is -0.316 e. The second-order valence-corrected chi connectivity index (χ2v) is 4.66. The van der Waals surface area contributed by atoms with Gasteiger partial charge < -0.3 is 5.32 Å². The van der Waals surface area contributed by atoms with Crippen LogP contribution < -0.4 is 5.32 Å². The molecule has 0 unspecified atom stereocenters. The molecule has 0 fully saturated rings. The molecule has 0 aromatic heterocycles. The largest absolute Gasteiger partial charge is 0.316 e. The Kier molecular flexibility index (Phi) is 4.89. The molecule has 0 bridgehead atoms. The first-order chi connectivity index (χ1) is 8.42. The van der Waals surface area contributed by atoms with Gasteiger partial charge in [-0.15, -0.1) is 0 Å². The van der Waals surface area contributed by atoms with Crippen molar-refractivity contribution in [1.29, 1.82) is 0 Å². The van der Waals surface area contributed by atoms with Gasteiger partial charge in [-0.1, -0.05) is 42.5 Å². The van der Waals surface area contributed by atoms with Gasteiger partial charge in [-0.3, -0.25) is 0 Å². The summed E-state index contributed by atoms with van der Waals surface area (Å²) in [5.74, 6) is 0.960. The van der Waals surface area contributed by atoms with E-state index in [-0.39, 0.29) is 0 Å². The van der Waals surface area contributed by atoms with Crippen molar-refractivity contribution in [3.05, 3.63) is 48.0 Å². The molecule has 0 saturated carbocycles. The minimum absolute atomic E-state index is 0.960. The Hall–Kier alpha value is -0.990. The zero-order valence-corrected chi connectivity index (χ0v) is 10.9. The average Bonchev–Trinajstić information content (AvgIpc) is 2.39. The Balaban J connectivity index is 1.98. The molecule has 0 amide bonds. The summed E-state index contributed by atoms with van der Waals surface area (Å²) in [7, 11) is 0. The second-order valence-electron chi connectivity index (χ2n) is 4.22. The summed E-state index contributed by atoms with van der Waals surface area (Å²) in [5.41, 5.74) is 1.43. The van der Waals surface area contributed by atoms with Gasteiger partial charge in [0.1, 0.15) is 0 Å². The molecule has 0 spiro atoms. The zero-order chi connectivity index (χ0) is 11.9. The zero-order valence-electron chi connectivity index (χ0n) is 10.0. The number of nitrogens with one attached hydrogen (secondary N) is 1. The molecule has 2 aromatic rings. The highest BCUT2D eigenvalue weighted by Crippen LogP contribution is 2.18. The van der Waals surface area contributed by atoms with Gasteiger partial charge in [-0.2, -0.15) is 12.6 Å². The molecule has 17 heavy (non-hydrogen) atoms. The molecule has 0 radical (unpaired) electrons. The van der Waals surface area contributed by atoms with Gasteiger partial charge >= 0.3 is 0 Å². The van der Waals surface area contributed by atoms with Crippen molar-refractivity contribution in [2.45, 2.75) is 12.8 Å². The molecule has 0 aliphatic carbocycles. The highest BCUT2D eigenvalue weighted by Gasteiger charge is 1.99. The fourth-order valence-corrected chi connectivity index (χ4v) is 2.22. The van der Waals surface area contributed by atoms with E-state index in [1.807, 2.05) is 0 Å². The van der Waals surface area contributed by atoms with Crippen LogP contribution in [0.4, 0.5) is 0 Å². The summed E-state index contributed by atoms with van der Waals surface area (Å²) in [6, 6.07) is 15.1. The maximum absolute atomic E-state index is 4.20. The second kappa shape index (κ2) is 6.67. The molecule has 2 aromatic carbocycles. The SMILES string of the molecule is SCCCNCCc1cccc2ccccc12. The van der Waals surface area contributed by atoms with Gasteiger partial charge in [0.25, 0.3) is 0 Å². The van der Waals surface area contributed by atoms with Crippen molar-refractivity contribution in [3.63, 3.8) is 0 Å². The highest BCUT2D eigenvalue weighted by molar-refractivity contribution is 7.80. The topological polar surface area (TPSA) is 12.0 Å². The fraction of sp³-hybridized carbons (Fsp3) is 0.333. The minimum atomic E-state index is 0.960. The molecular formula is C15H19NS. The first-order valence-corrected chi connectivity index (χ1v) is 6.83. The van der Waals surface area contributed by atoms with Crippen LogP contribution in [0, 0.1) is 0 Å². The number of thiol groups is 1. The molecule has 0 atom stereocenters. The summed E-state index contributed by atoms with van der Waals surface area (Å²) in [4.78, 5) is 0. The van der Waals surface area contributed by atoms with E-state index in [0.717, 1.165) is 31.7 Å². The van der Waals surface area contributed by atoms with Gasteiger partial charge in [-0.05, 0) is 48.0 Å². The number of hydrogen-bond acceptors (Lipinski definition) is 2. The first kappa shape index (κ1) is 12.5. The van der Waals surface area contributed by atoms with Crippen molar-refractivity contribution < 1.29 is 0 Å². The van der Waals surface area contributed by atoms with Crippen LogP contribution in [-0.4, -0.2) is 18.8 Å². The first-order valence-electron chi connectivity index (χ1n) is 6.20. The highest BCUT2D eigenvalue weighted by atomic mass is 32.1. The number of hydrogen-bond donors (Lipinski definition) is 2. The number of rotatable bonds is 6. The van der Waals surface area contributed by atoms with Crippen LogP contribution in [0.3, 0.4) is 0 Å². The van der Waals surface area contributed by atoms with E-state index < -0.39 is 0 Å². The normalized spacial score (nSPS) is 10.9. The Morgan fingerprint density at radius 2 is 1.76 bits per heavy atom. The monoisotopic (exact) mass is 245 g/mol. The molecule has 2 heteroatoms. The third kappa shape index (κ3) is 3.48. The Morgan fingerprint density at radius 3 is 2.65 bits per heavy atom. The van der Waals surface area contributed by atoms with E-state index in [0.29, 0.717) is 0 Å². The predicted octanol–water partition coefficient (Wildman–Crippen LogP) is 3.29. The summed E-state index contributed by atoms with van der Waals surface area (Å²) in [5, 5.41) is 6.16. The average molecular weight is 245 g/mol. The van der Waals surface area contributed by atoms with Crippen molar-refractivity contribution in [2.75, 3.05) is 18.8 Å². The van der Waals surface area contributed by atoms with Crippen LogP contribution >= 0.6 is 12.6 Å². The molecule has 0 saturated heterocycles. The quantitative estimate of drug-likeness (QED) is 0.588. The lowest BCUT2D eigenvalue weighted by atomic mass is 10.0. The molecule has 2 rings (SSSR count). The molecule has 0 aliphatic rings. The Labute approximate surface area is 109 Å². The van der Waals surface area contributed by atoms with Crippen molar-refractivity contribution in [1.82, 2.24) is 5.32 Å². The van der Waals surface area contributed by atoms with Gasteiger partial charge in [0.05, 0.1) is 0 Å². The fourth-order valence-electron chi connectivity index (χ4n) is 2.06. The van der Waals surface area contributed by atoms with Gasteiger partial charge in [-0.25, -0.2) is 0 Å². The van der Waals surface area contributed by atoms with E-state index in [9.17, 15) is 0 Å². The molecule has 0 heterocycles. The van der Waals surface area contributed by atoms with E-state index in [1.54, 1.807) is 0 Å². The molecule has 1 N–H and O–H groups in total. The molecule has 90 valence electrons. The molecular weight excluding hydrogens is 226 g/mol. The molecule has 0 aliphatic heterocycles. The van der Waals surface area contributed by atoms with E-state index in [1.165, 1.54) is 16.3 Å². The maximum atomic E-state index is 4.20. The van der Waals surface area contributed by atoms with E-state index in [2.05, 4.69) is 60.4 Å². The van der Waals surface area contributed by atoms with Crippen LogP contribution in [0.15, 0.2) is 42.5 Å². The third-order valence-corrected chi connectivity index (χ3v) is 3.28. The van der Waals surface area contributed by atoms with Crippen molar-refractivity contribution >= 4 is 23.4 Å². The van der Waals surface area contributed by atoms with Gasteiger partial charge in [0.15, 0.2) is 0 Å². The third-order valence-electron chi connectivity index (χ3n) is 2.96. The summed E-state index contributed by atoms with van der Waals surface area (Å²) in [6.45, 7) is 2.11. The van der Waals surface area contributed by atoms with Crippen LogP contribution in [-0.2, 0) is 6.42 Å². The lowest BCUT2D eigenvalue weighted by molar-refractivity contribution is 0.676. The maximum Gasteiger partial charge on any atom is -0.000812 e. The number of benzene rings is 2. The smallest absolute Gasteiger partial charge is 0.000812 e. The molecule has 1 nitrogen and oxygen atoms in total. The number of fused-ring (bicyclic) bond motifs is 1. The summed E-state index contributed by atoms with van der Waals surface area (Å²) < 4.78 is 0. The predicted molar refractivity (Wildman–Crippen MR) is 79.0 cm³/mol. The van der Waals surface area contributed by atoms with Crippen molar-refractivity contribution in [3.8, 4) is 0 Å². The summed E-state index contributed by atoms with van der Waals surface area (Å²) >= 11 is 4.20. The Morgan fingerprint density at radius 1 is 0.941 bits per heavy atom. The lowest BCUT2D eigenvalue weighted by Crippen LogP contribution is -2.18. The van der Waals surface area contributed by atoms with Crippen LogP contribution in [0.1, 0.15) is 12.0 Å². The Bertz CT molecular complexity index is 462. The van der Waals surface area contributed by atoms with Gasteiger partial charge in [0, 0.05) is 0 Å². The standard InChI is InChI=1S/C15H19NS/c17-12-4-10-16-11-9-14-7-3-6-13-5-1-2-8-15(13)14/h1-3,5-8,16-17H,4,9-12H2. The lowest BCUT2D eigenvalue weighted by Gasteiger charge is -2.07. The van der Waals surface area contributed by atoms with Crippen LogP contribution in [0.5, 0.6) is 0 Å². The van der Waals surface area contributed by atoms with Crippen molar-refractivity contribution in [2.24, 2.45) is 0 Å². The van der Waals surface area contributed by atoms with E-state index in [4.69, 9.17) is 0 Å². The summed E-state index contributed by atoms with van der Waals surface area (Å²) in [6.07, 6.45) is 2.23. The van der Waals surface area contributed by atoms with E-state index >= 15 is 0 Å². The van der Waals surface area contributed by atoms with Gasteiger partial charge in [0.2, 0.25) is 0 Å².